The van der Waals surface area contributed by atoms with Crippen LogP contribution in [0.1, 0.15) is 15.2 Å². The van der Waals surface area contributed by atoms with E-state index in [0.29, 0.717) is 9.90 Å². The van der Waals surface area contributed by atoms with Crippen molar-refractivity contribution in [2.45, 2.75) is 0 Å². The number of halogens is 1. The highest BCUT2D eigenvalue weighted by molar-refractivity contribution is 7.12. The minimum Gasteiger partial charge on any atom is -0.266 e. The lowest BCUT2D eigenvalue weighted by molar-refractivity contribution is 0.0959. The van der Waals surface area contributed by atoms with Crippen LogP contribution in [0.25, 0.3) is 0 Å². The van der Waals surface area contributed by atoms with Crippen LogP contribution in [0.3, 0.4) is 0 Å². The molecule has 0 unspecified atom stereocenters. The topological polar surface area (TPSA) is 41.5 Å². The van der Waals surface area contributed by atoms with Gasteiger partial charge in [0.15, 0.2) is 0 Å². The van der Waals surface area contributed by atoms with E-state index in [4.69, 9.17) is 11.6 Å². The van der Waals surface area contributed by atoms with E-state index in [2.05, 4.69) is 10.5 Å². The van der Waals surface area contributed by atoms with E-state index in [-0.39, 0.29) is 5.91 Å². The molecule has 1 aromatic carbocycles. The molecule has 0 radical (unpaired) electrons. The van der Waals surface area contributed by atoms with E-state index in [9.17, 15) is 4.79 Å². The van der Waals surface area contributed by atoms with E-state index >= 15 is 0 Å². The second kappa shape index (κ2) is 5.61. The van der Waals surface area contributed by atoms with Gasteiger partial charge in [-0.3, -0.25) is 4.79 Å². The third kappa shape index (κ3) is 3.41. The van der Waals surface area contributed by atoms with Crippen molar-refractivity contribution < 1.29 is 4.79 Å². The third-order valence-corrected chi connectivity index (χ3v) is 3.12. The van der Waals surface area contributed by atoms with Crippen molar-refractivity contribution in [2.24, 2.45) is 5.10 Å². The fourth-order valence-corrected chi connectivity index (χ4v) is 1.92. The van der Waals surface area contributed by atoms with Crippen molar-refractivity contribution in [1.82, 2.24) is 5.43 Å². The van der Waals surface area contributed by atoms with Crippen LogP contribution >= 0.6 is 22.9 Å². The molecule has 2 rings (SSSR count). The first-order valence-corrected chi connectivity index (χ1v) is 6.14. The lowest BCUT2D eigenvalue weighted by atomic mass is 10.2. The summed E-state index contributed by atoms with van der Waals surface area (Å²) in [5.74, 6) is -0.204. The molecule has 1 aromatic heterocycles. The third-order valence-electron chi connectivity index (χ3n) is 1.99. The van der Waals surface area contributed by atoms with Gasteiger partial charge in [0.25, 0.3) is 5.91 Å². The Kier molecular flexibility index (Phi) is 3.90. The highest BCUT2D eigenvalue weighted by Crippen LogP contribution is 2.08. The summed E-state index contributed by atoms with van der Waals surface area (Å²) in [7, 11) is 0. The molecule has 0 aliphatic rings. The van der Waals surface area contributed by atoms with Crippen molar-refractivity contribution in [1.29, 1.82) is 0 Å². The lowest BCUT2D eigenvalue weighted by Crippen LogP contribution is -2.16. The Labute approximate surface area is 108 Å². The molecule has 0 aliphatic heterocycles. The molecule has 0 bridgehead atoms. The molecule has 86 valence electrons. The number of amides is 1. The van der Waals surface area contributed by atoms with E-state index < -0.39 is 0 Å². The van der Waals surface area contributed by atoms with Crippen molar-refractivity contribution in [3.05, 3.63) is 57.2 Å². The van der Waals surface area contributed by atoms with Crippen LogP contribution < -0.4 is 5.43 Å². The van der Waals surface area contributed by atoms with Gasteiger partial charge in [0.2, 0.25) is 0 Å². The minimum absolute atomic E-state index is 0.204. The normalized spacial score (nSPS) is 10.6. The average Bonchev–Trinajstić information content (AvgIpc) is 2.85. The molecule has 2 aromatic rings. The quantitative estimate of drug-likeness (QED) is 0.671. The summed E-state index contributed by atoms with van der Waals surface area (Å²) in [6, 6.07) is 10.8. The van der Waals surface area contributed by atoms with Crippen molar-refractivity contribution in [2.75, 3.05) is 0 Å². The standard InChI is InChI=1S/C12H9ClN2OS/c13-10-5-3-9(4-6-10)8-14-15-12(16)11-2-1-7-17-11/h1-8H,(H,15,16). The lowest BCUT2D eigenvalue weighted by Gasteiger charge is -1.96. The molecule has 0 saturated heterocycles. The van der Waals surface area contributed by atoms with Gasteiger partial charge < -0.3 is 0 Å². The van der Waals surface area contributed by atoms with Gasteiger partial charge in [-0.05, 0) is 29.1 Å². The van der Waals surface area contributed by atoms with E-state index in [0.717, 1.165) is 5.56 Å². The van der Waals surface area contributed by atoms with Crippen LogP contribution in [0.4, 0.5) is 0 Å². The number of thiophene rings is 1. The molecule has 1 amide bonds. The number of carbonyl (C=O) groups excluding carboxylic acids is 1. The predicted molar refractivity (Wildman–Crippen MR) is 70.8 cm³/mol. The van der Waals surface area contributed by atoms with Crippen LogP contribution in [0.15, 0.2) is 46.9 Å². The van der Waals surface area contributed by atoms with Gasteiger partial charge in [-0.2, -0.15) is 5.10 Å². The molecule has 5 heteroatoms. The molecule has 0 atom stereocenters. The maximum absolute atomic E-state index is 11.5. The Morgan fingerprint density at radius 2 is 2.06 bits per heavy atom. The summed E-state index contributed by atoms with van der Waals surface area (Å²) in [5.41, 5.74) is 3.33. The summed E-state index contributed by atoms with van der Waals surface area (Å²) in [6.07, 6.45) is 1.57. The first-order chi connectivity index (χ1) is 8.25. The van der Waals surface area contributed by atoms with E-state index in [1.165, 1.54) is 11.3 Å². The Hall–Kier alpha value is -1.65. The molecular formula is C12H9ClN2OS. The second-order valence-corrected chi connectivity index (χ2v) is 4.61. The summed E-state index contributed by atoms with van der Waals surface area (Å²) < 4.78 is 0. The molecular weight excluding hydrogens is 256 g/mol. The van der Waals surface area contributed by atoms with E-state index in [1.54, 1.807) is 24.4 Å². The number of benzene rings is 1. The number of carbonyl (C=O) groups is 1. The van der Waals surface area contributed by atoms with Gasteiger partial charge in [0, 0.05) is 5.02 Å². The van der Waals surface area contributed by atoms with Crippen molar-refractivity contribution in [3.8, 4) is 0 Å². The molecule has 0 saturated carbocycles. The predicted octanol–water partition coefficient (Wildman–Crippen LogP) is 3.17. The summed E-state index contributed by atoms with van der Waals surface area (Å²) in [6.45, 7) is 0. The van der Waals surface area contributed by atoms with Gasteiger partial charge in [-0.15, -0.1) is 11.3 Å². The number of rotatable bonds is 3. The number of hydrogen-bond donors (Lipinski definition) is 1. The first-order valence-electron chi connectivity index (χ1n) is 4.88. The van der Waals surface area contributed by atoms with Crippen molar-refractivity contribution in [3.63, 3.8) is 0 Å². The van der Waals surface area contributed by atoms with E-state index in [1.807, 2.05) is 23.6 Å². The Morgan fingerprint density at radius 1 is 1.29 bits per heavy atom. The molecule has 3 nitrogen and oxygen atoms in total. The summed E-state index contributed by atoms with van der Waals surface area (Å²) >= 11 is 7.13. The fraction of sp³-hybridized carbons (Fsp3) is 0. The molecule has 1 heterocycles. The molecule has 1 N–H and O–H groups in total. The molecule has 0 aliphatic carbocycles. The number of nitrogens with zero attached hydrogens (tertiary/aromatic N) is 1. The molecule has 0 spiro atoms. The Balaban J connectivity index is 1.94. The highest BCUT2D eigenvalue weighted by atomic mass is 35.5. The number of nitrogens with one attached hydrogen (secondary N) is 1. The molecule has 0 fully saturated rings. The zero-order valence-electron chi connectivity index (χ0n) is 8.76. The average molecular weight is 265 g/mol. The molecule has 17 heavy (non-hydrogen) atoms. The number of hydrogen-bond acceptors (Lipinski definition) is 3. The van der Waals surface area contributed by atoms with Gasteiger partial charge in [-0.25, -0.2) is 5.43 Å². The van der Waals surface area contributed by atoms with Crippen LogP contribution in [0.2, 0.25) is 5.02 Å². The monoisotopic (exact) mass is 264 g/mol. The maximum atomic E-state index is 11.5. The fourth-order valence-electron chi connectivity index (χ4n) is 1.18. The smallest absolute Gasteiger partial charge is 0.266 e. The zero-order chi connectivity index (χ0) is 12.1. The Morgan fingerprint density at radius 3 is 2.71 bits per heavy atom. The van der Waals surface area contributed by atoms with Gasteiger partial charge in [-0.1, -0.05) is 29.8 Å². The number of hydrazone groups is 1. The largest absolute Gasteiger partial charge is 0.281 e. The SMILES string of the molecule is O=C(NN=Cc1ccc(Cl)cc1)c1cccs1. The van der Waals surface area contributed by atoms with Crippen LogP contribution in [0, 0.1) is 0 Å². The van der Waals surface area contributed by atoms with Gasteiger partial charge in [0.05, 0.1) is 11.1 Å². The van der Waals surface area contributed by atoms with Crippen LogP contribution in [0.5, 0.6) is 0 Å². The second-order valence-electron chi connectivity index (χ2n) is 3.23. The van der Waals surface area contributed by atoms with Crippen LogP contribution in [-0.4, -0.2) is 12.1 Å². The minimum atomic E-state index is -0.204. The summed E-state index contributed by atoms with van der Waals surface area (Å²) in [4.78, 5) is 12.2. The van der Waals surface area contributed by atoms with Gasteiger partial charge in [0.1, 0.15) is 0 Å². The van der Waals surface area contributed by atoms with Gasteiger partial charge >= 0.3 is 0 Å². The van der Waals surface area contributed by atoms with Crippen molar-refractivity contribution >= 4 is 35.1 Å². The zero-order valence-corrected chi connectivity index (χ0v) is 10.3. The first kappa shape index (κ1) is 11.8. The van der Waals surface area contributed by atoms with Crippen LogP contribution in [-0.2, 0) is 0 Å². The summed E-state index contributed by atoms with van der Waals surface area (Å²) in [5, 5.41) is 6.38. The Bertz CT molecular complexity index is 520. The highest BCUT2D eigenvalue weighted by Gasteiger charge is 2.03. The maximum Gasteiger partial charge on any atom is 0.281 e.